The van der Waals surface area contributed by atoms with Gasteiger partial charge in [0.15, 0.2) is 5.78 Å². The number of hydrogen-bond donors (Lipinski definition) is 1. The van der Waals surface area contributed by atoms with Crippen molar-refractivity contribution < 1.29 is 27.6 Å². The summed E-state index contributed by atoms with van der Waals surface area (Å²) < 4.78 is 38.0. The number of urea groups is 1. The van der Waals surface area contributed by atoms with Gasteiger partial charge in [0.05, 0.1) is 18.8 Å². The monoisotopic (exact) mass is 477 g/mol. The number of aromatic nitrogens is 1. The summed E-state index contributed by atoms with van der Waals surface area (Å²) in [6.45, 7) is 5.13. The lowest BCUT2D eigenvalue weighted by Crippen LogP contribution is -2.52. The van der Waals surface area contributed by atoms with Crippen molar-refractivity contribution in [1.29, 1.82) is 0 Å². The summed E-state index contributed by atoms with van der Waals surface area (Å²) in [4.78, 5) is 46.1. The molecule has 2 aromatic rings. The summed E-state index contributed by atoms with van der Waals surface area (Å²) in [5.41, 5.74) is 1.10. The average Bonchev–Trinajstić information content (AvgIpc) is 2.86. The standard InChI is InChI=1S/C23H26F3N5O3/c1-2-29-9-11-30(12-10-29)23(34)31(19-7-4-17(24)5-8-19)15-18-6-3-16(13-27-18)20(32)14-28-22(33)21(25)26/h3-8,13,21H,2,9-12,14-15H2,1H3,(H,28,33). The summed E-state index contributed by atoms with van der Waals surface area (Å²) >= 11 is 0. The largest absolute Gasteiger partial charge is 0.344 e. The lowest BCUT2D eigenvalue weighted by atomic mass is 10.1. The number of carbonyl (C=O) groups excluding carboxylic acids is 3. The number of carbonyl (C=O) groups is 3. The Morgan fingerprint density at radius 3 is 2.29 bits per heavy atom. The lowest BCUT2D eigenvalue weighted by molar-refractivity contribution is -0.131. The van der Waals surface area contributed by atoms with Crippen molar-refractivity contribution in [2.75, 3.05) is 44.2 Å². The number of benzene rings is 1. The van der Waals surface area contributed by atoms with Gasteiger partial charge in [0, 0.05) is 43.6 Å². The highest BCUT2D eigenvalue weighted by Gasteiger charge is 2.26. The van der Waals surface area contributed by atoms with E-state index in [-0.39, 0.29) is 18.1 Å². The maximum Gasteiger partial charge on any atom is 0.324 e. The molecule has 1 N–H and O–H groups in total. The predicted octanol–water partition coefficient (Wildman–Crippen LogP) is 2.55. The van der Waals surface area contributed by atoms with E-state index in [9.17, 15) is 27.6 Å². The molecular weight excluding hydrogens is 451 g/mol. The second-order valence-corrected chi connectivity index (χ2v) is 7.75. The van der Waals surface area contributed by atoms with Crippen LogP contribution < -0.4 is 10.2 Å². The number of amides is 3. The third-order valence-corrected chi connectivity index (χ3v) is 5.55. The number of halogens is 3. The molecule has 1 aliphatic heterocycles. The molecule has 1 saturated heterocycles. The molecule has 0 saturated carbocycles. The van der Waals surface area contributed by atoms with Crippen molar-refractivity contribution in [2.24, 2.45) is 0 Å². The van der Waals surface area contributed by atoms with Gasteiger partial charge in [-0.2, -0.15) is 8.78 Å². The Morgan fingerprint density at radius 2 is 1.74 bits per heavy atom. The normalized spacial score (nSPS) is 14.2. The number of Topliss-reactive ketones (excluding diaryl/α,β-unsaturated/α-hetero) is 1. The smallest absolute Gasteiger partial charge is 0.324 e. The first-order valence-electron chi connectivity index (χ1n) is 10.9. The minimum atomic E-state index is -3.20. The highest BCUT2D eigenvalue weighted by molar-refractivity contribution is 5.99. The van der Waals surface area contributed by atoms with Crippen molar-refractivity contribution in [3.63, 3.8) is 0 Å². The van der Waals surface area contributed by atoms with E-state index in [2.05, 4.69) is 16.8 Å². The first-order valence-corrected chi connectivity index (χ1v) is 10.9. The molecule has 8 nitrogen and oxygen atoms in total. The van der Waals surface area contributed by atoms with Crippen LogP contribution in [0.15, 0.2) is 42.6 Å². The number of piperazine rings is 1. The van der Waals surface area contributed by atoms with E-state index in [1.54, 1.807) is 11.0 Å². The number of nitrogens with one attached hydrogen (secondary N) is 1. The Balaban J connectivity index is 1.72. The van der Waals surface area contributed by atoms with Gasteiger partial charge in [0.25, 0.3) is 5.91 Å². The van der Waals surface area contributed by atoms with Crippen molar-refractivity contribution >= 4 is 23.4 Å². The average molecular weight is 477 g/mol. The van der Waals surface area contributed by atoms with Crippen LogP contribution in [0.1, 0.15) is 23.0 Å². The molecule has 3 rings (SSSR count). The summed E-state index contributed by atoms with van der Waals surface area (Å²) in [5, 5.41) is 1.85. The maximum absolute atomic E-state index is 13.5. The fraction of sp³-hybridized carbons (Fsp3) is 0.391. The van der Waals surface area contributed by atoms with E-state index in [1.807, 2.05) is 5.32 Å². The number of nitrogens with zero attached hydrogens (tertiary/aromatic N) is 4. The highest BCUT2D eigenvalue weighted by Crippen LogP contribution is 2.20. The SMILES string of the molecule is CCN1CCN(C(=O)N(Cc2ccc(C(=O)CNC(=O)C(F)F)cn2)c2ccc(F)cc2)CC1. The summed E-state index contributed by atoms with van der Waals surface area (Å²) in [6.07, 6.45) is -1.94. The molecule has 3 amide bonds. The van der Waals surface area contributed by atoms with Gasteiger partial charge in [-0.05, 0) is 42.9 Å². The van der Waals surface area contributed by atoms with Gasteiger partial charge in [-0.3, -0.25) is 19.5 Å². The molecule has 1 aromatic heterocycles. The fourth-order valence-corrected chi connectivity index (χ4v) is 3.51. The predicted molar refractivity (Wildman–Crippen MR) is 119 cm³/mol. The van der Waals surface area contributed by atoms with Crippen LogP contribution in [0, 0.1) is 5.82 Å². The fourth-order valence-electron chi connectivity index (χ4n) is 3.51. The zero-order valence-corrected chi connectivity index (χ0v) is 18.7. The number of hydrogen-bond acceptors (Lipinski definition) is 5. The summed E-state index contributed by atoms with van der Waals surface area (Å²) in [5.74, 6) is -2.52. The van der Waals surface area contributed by atoms with E-state index in [4.69, 9.17) is 0 Å². The summed E-state index contributed by atoms with van der Waals surface area (Å²) in [7, 11) is 0. The topological polar surface area (TPSA) is 85.9 Å². The molecule has 182 valence electrons. The van der Waals surface area contributed by atoms with Crippen LogP contribution in [-0.2, 0) is 11.3 Å². The molecule has 1 aromatic carbocycles. The van der Waals surface area contributed by atoms with Gasteiger partial charge in [0.1, 0.15) is 5.82 Å². The molecule has 0 unspecified atom stereocenters. The number of anilines is 1. The van der Waals surface area contributed by atoms with E-state index >= 15 is 0 Å². The number of pyridine rings is 1. The van der Waals surface area contributed by atoms with Crippen molar-refractivity contribution in [3.8, 4) is 0 Å². The van der Waals surface area contributed by atoms with Crippen LogP contribution in [0.4, 0.5) is 23.7 Å². The minimum absolute atomic E-state index is 0.0784. The Morgan fingerprint density at radius 1 is 1.06 bits per heavy atom. The van der Waals surface area contributed by atoms with Crippen LogP contribution >= 0.6 is 0 Å². The first kappa shape index (κ1) is 25.2. The molecule has 1 fully saturated rings. The Labute approximate surface area is 195 Å². The summed E-state index contributed by atoms with van der Waals surface area (Å²) in [6, 6.07) is 8.33. The molecular formula is C23H26F3N5O3. The van der Waals surface area contributed by atoms with Gasteiger partial charge in [-0.15, -0.1) is 0 Å². The van der Waals surface area contributed by atoms with Crippen LogP contribution in [0.25, 0.3) is 0 Å². The van der Waals surface area contributed by atoms with E-state index in [0.717, 1.165) is 19.6 Å². The van der Waals surface area contributed by atoms with Gasteiger partial charge < -0.3 is 15.1 Å². The zero-order chi connectivity index (χ0) is 24.7. The van der Waals surface area contributed by atoms with Gasteiger partial charge in [-0.1, -0.05) is 6.92 Å². The van der Waals surface area contributed by atoms with Crippen molar-refractivity contribution in [3.05, 3.63) is 59.7 Å². The van der Waals surface area contributed by atoms with Crippen molar-refractivity contribution in [2.45, 2.75) is 19.9 Å². The highest BCUT2D eigenvalue weighted by atomic mass is 19.3. The van der Waals surface area contributed by atoms with Crippen LogP contribution in [-0.4, -0.2) is 78.2 Å². The second kappa shape index (κ2) is 11.6. The molecule has 0 bridgehead atoms. The third-order valence-electron chi connectivity index (χ3n) is 5.55. The molecule has 0 radical (unpaired) electrons. The van der Waals surface area contributed by atoms with Gasteiger partial charge in [0.2, 0.25) is 0 Å². The quantitative estimate of drug-likeness (QED) is 0.591. The Bertz CT molecular complexity index is 994. The number of ketones is 1. The number of alkyl halides is 2. The third kappa shape index (κ3) is 6.53. The van der Waals surface area contributed by atoms with Crippen molar-refractivity contribution in [1.82, 2.24) is 20.1 Å². The molecule has 0 spiro atoms. The lowest BCUT2D eigenvalue weighted by Gasteiger charge is -2.37. The molecule has 0 aliphatic carbocycles. The number of rotatable bonds is 8. The van der Waals surface area contributed by atoms with Crippen LogP contribution in [0.5, 0.6) is 0 Å². The molecule has 0 atom stereocenters. The van der Waals surface area contributed by atoms with E-state index < -0.39 is 30.5 Å². The minimum Gasteiger partial charge on any atom is -0.344 e. The molecule has 34 heavy (non-hydrogen) atoms. The maximum atomic E-state index is 13.5. The van der Waals surface area contributed by atoms with E-state index in [1.165, 1.54) is 41.4 Å². The van der Waals surface area contributed by atoms with Gasteiger partial charge in [-0.25, -0.2) is 9.18 Å². The Kier molecular flexibility index (Phi) is 8.58. The Hall–Kier alpha value is -3.47. The molecule has 1 aliphatic rings. The van der Waals surface area contributed by atoms with Crippen LogP contribution in [0.2, 0.25) is 0 Å². The first-order chi connectivity index (χ1) is 16.3. The molecule has 11 heteroatoms. The second-order valence-electron chi connectivity index (χ2n) is 7.75. The van der Waals surface area contributed by atoms with Gasteiger partial charge >= 0.3 is 12.5 Å². The van der Waals surface area contributed by atoms with Crippen LogP contribution in [0.3, 0.4) is 0 Å². The molecule has 2 heterocycles. The zero-order valence-electron chi connectivity index (χ0n) is 18.7. The van der Waals surface area contributed by atoms with E-state index in [0.29, 0.717) is 24.5 Å². The number of likely N-dealkylation sites (N-methyl/N-ethyl adjacent to an activating group) is 1.